The Hall–Kier alpha value is -8.38. The van der Waals surface area contributed by atoms with Crippen molar-refractivity contribution in [2.24, 2.45) is 0 Å². The molecule has 0 aliphatic carbocycles. The molecule has 7 aromatic rings. The average molecular weight is 899 g/mol. The first-order valence-electron chi connectivity index (χ1n) is 21.8. The molecule has 0 radical (unpaired) electrons. The molecule has 12 heteroatoms. The number of hydrogen-bond acceptors (Lipinski definition) is 10. The van der Waals surface area contributed by atoms with Crippen LogP contribution in [0.15, 0.2) is 164 Å². The summed E-state index contributed by atoms with van der Waals surface area (Å²) in [6.07, 6.45) is 0.522. The number of aryl methyl sites for hydroxylation is 1. The lowest BCUT2D eigenvalue weighted by molar-refractivity contribution is 0.0519. The Balaban J connectivity index is 1.24. The van der Waals surface area contributed by atoms with E-state index in [-0.39, 0.29) is 78.2 Å². The van der Waals surface area contributed by atoms with Gasteiger partial charge in [-0.25, -0.2) is 9.59 Å². The summed E-state index contributed by atoms with van der Waals surface area (Å²) in [4.78, 5) is 55.8. The number of esters is 2. The Morgan fingerprint density at radius 3 is 1.28 bits per heavy atom. The van der Waals surface area contributed by atoms with Gasteiger partial charge in [-0.1, -0.05) is 128 Å². The summed E-state index contributed by atoms with van der Waals surface area (Å²) in [5.41, 5.74) is 4.62. The normalized spacial score (nSPS) is 10.6. The summed E-state index contributed by atoms with van der Waals surface area (Å²) in [6, 6.07) is 48.7. The summed E-state index contributed by atoms with van der Waals surface area (Å²) < 4.78 is 35.5. The average Bonchev–Trinajstić information content (AvgIpc) is 3.36. The molecule has 0 saturated carbocycles. The zero-order valence-electron chi connectivity index (χ0n) is 37.4. The van der Waals surface area contributed by atoms with Gasteiger partial charge in [0.2, 0.25) is 0 Å². The molecule has 2 N–H and O–H groups in total. The predicted molar refractivity (Wildman–Crippen MR) is 255 cm³/mol. The van der Waals surface area contributed by atoms with E-state index in [2.05, 4.69) is 10.6 Å². The van der Waals surface area contributed by atoms with Gasteiger partial charge in [0.15, 0.2) is 0 Å². The van der Waals surface area contributed by atoms with E-state index in [0.717, 1.165) is 27.8 Å². The number of nitrogens with one attached hydrogen (secondary N) is 2. The predicted octanol–water partition coefficient (Wildman–Crippen LogP) is 11.0. The molecule has 0 aliphatic heterocycles. The van der Waals surface area contributed by atoms with Gasteiger partial charge < -0.3 is 39.1 Å². The Kier molecular flexibility index (Phi) is 16.0. The first kappa shape index (κ1) is 46.6. The van der Waals surface area contributed by atoms with Crippen molar-refractivity contribution < 1.29 is 47.6 Å². The zero-order valence-corrected chi connectivity index (χ0v) is 37.4. The summed E-state index contributed by atoms with van der Waals surface area (Å²) in [5, 5.41) is 5.76. The minimum absolute atomic E-state index is 0.0149. The fourth-order valence-corrected chi connectivity index (χ4v) is 7.06. The highest BCUT2D eigenvalue weighted by molar-refractivity contribution is 6.11. The van der Waals surface area contributed by atoms with Gasteiger partial charge in [0.1, 0.15) is 55.0 Å². The summed E-state index contributed by atoms with van der Waals surface area (Å²) >= 11 is 0. The van der Waals surface area contributed by atoms with Crippen LogP contribution in [0.2, 0.25) is 0 Å². The molecule has 0 atom stereocenters. The quantitative estimate of drug-likeness (QED) is 0.0708. The highest BCUT2D eigenvalue weighted by atomic mass is 16.5. The monoisotopic (exact) mass is 898 g/mol. The second-order valence-electron chi connectivity index (χ2n) is 15.2. The third kappa shape index (κ3) is 12.7. The van der Waals surface area contributed by atoms with Gasteiger partial charge >= 0.3 is 11.9 Å². The van der Waals surface area contributed by atoms with Crippen LogP contribution in [0.25, 0.3) is 0 Å². The second-order valence-corrected chi connectivity index (χ2v) is 15.2. The molecular weight excluding hydrogens is 849 g/mol. The second kappa shape index (κ2) is 23.0. The number of carbonyl (C=O) groups excluding carboxylic acids is 4. The minimum Gasteiger partial charge on any atom is -0.489 e. The van der Waals surface area contributed by atoms with E-state index in [9.17, 15) is 19.2 Å². The molecule has 7 rings (SSSR count). The van der Waals surface area contributed by atoms with Gasteiger partial charge in [0.05, 0.1) is 30.4 Å². The molecular formula is C55H50N2O10. The van der Waals surface area contributed by atoms with Gasteiger partial charge in [0.25, 0.3) is 11.8 Å². The summed E-state index contributed by atoms with van der Waals surface area (Å²) in [7, 11) is 1.23. The highest BCUT2D eigenvalue weighted by Gasteiger charge is 2.26. The summed E-state index contributed by atoms with van der Waals surface area (Å²) in [5.74, 6) is -1.77. The van der Waals surface area contributed by atoms with Crippen molar-refractivity contribution >= 4 is 35.1 Å². The Labute approximate surface area is 389 Å². The number of rotatable bonds is 20. The Morgan fingerprint density at radius 1 is 0.448 bits per heavy atom. The van der Waals surface area contributed by atoms with Gasteiger partial charge in [-0.15, -0.1) is 0 Å². The summed E-state index contributed by atoms with van der Waals surface area (Å²) in [6.45, 7) is 4.31. The van der Waals surface area contributed by atoms with Crippen molar-refractivity contribution in [2.45, 2.75) is 46.7 Å². The molecule has 0 aromatic heterocycles. The van der Waals surface area contributed by atoms with Crippen molar-refractivity contribution in [3.63, 3.8) is 0 Å². The van der Waals surface area contributed by atoms with Gasteiger partial charge in [0, 0.05) is 11.4 Å². The molecule has 0 unspecified atom stereocenters. The van der Waals surface area contributed by atoms with Crippen LogP contribution in [0, 0.1) is 0 Å². The maximum atomic E-state index is 14.6. The van der Waals surface area contributed by atoms with Crippen LogP contribution in [-0.4, -0.2) is 37.5 Å². The lowest BCUT2D eigenvalue weighted by atomic mass is 10.0. The van der Waals surface area contributed by atoms with Crippen LogP contribution in [0.5, 0.6) is 23.0 Å². The Morgan fingerprint density at radius 2 is 0.851 bits per heavy atom. The topological polar surface area (TPSA) is 148 Å². The van der Waals surface area contributed by atoms with Crippen molar-refractivity contribution in [2.75, 3.05) is 24.4 Å². The molecule has 67 heavy (non-hydrogen) atoms. The third-order valence-electron chi connectivity index (χ3n) is 10.4. The van der Waals surface area contributed by atoms with Crippen LogP contribution in [0.3, 0.4) is 0 Å². The van der Waals surface area contributed by atoms with E-state index in [1.165, 1.54) is 37.4 Å². The van der Waals surface area contributed by atoms with Gasteiger partial charge in [-0.3, -0.25) is 9.59 Å². The third-order valence-corrected chi connectivity index (χ3v) is 10.4. The molecule has 0 aliphatic rings. The van der Waals surface area contributed by atoms with Crippen LogP contribution in [-0.2, 0) is 42.3 Å². The lowest BCUT2D eigenvalue weighted by Gasteiger charge is -2.19. The molecule has 0 fully saturated rings. The molecule has 0 bridgehead atoms. The van der Waals surface area contributed by atoms with E-state index in [0.29, 0.717) is 17.9 Å². The minimum atomic E-state index is -0.727. The Bertz CT molecular complexity index is 2800. The zero-order chi connectivity index (χ0) is 47.0. The highest BCUT2D eigenvalue weighted by Crippen LogP contribution is 2.35. The van der Waals surface area contributed by atoms with E-state index in [1.807, 2.05) is 134 Å². The van der Waals surface area contributed by atoms with Crippen molar-refractivity contribution in [3.05, 3.63) is 214 Å². The molecule has 7 aromatic carbocycles. The fourth-order valence-electron chi connectivity index (χ4n) is 7.06. The number of hydrogen-bond donors (Lipinski definition) is 2. The van der Waals surface area contributed by atoms with E-state index >= 15 is 0 Å². The molecule has 12 nitrogen and oxygen atoms in total. The SMILES string of the molecule is CCOC(=O)c1cc(OCc2ccccc2)cc(C(=O)Nc2cc(NC(=O)c3cc(OCc4ccccc4)cc(CC)c3OCc3ccccc3)cc(C(=O)OC)c2)c1OCc1ccccc1. The van der Waals surface area contributed by atoms with Crippen molar-refractivity contribution in [1.29, 1.82) is 0 Å². The largest absolute Gasteiger partial charge is 0.489 e. The van der Waals surface area contributed by atoms with E-state index < -0.39 is 23.8 Å². The maximum absolute atomic E-state index is 14.6. The maximum Gasteiger partial charge on any atom is 0.342 e. The standard InChI is InChI=1S/C55H50N2O10/c1-4-41-28-45(64-33-37-18-10-6-11-19-37)30-47(50(41)66-35-39-22-14-8-15-23-39)52(58)56-43-26-42(54(60)62-3)27-44(29-43)57-53(59)48-31-46(65-34-38-20-12-7-13-21-38)32-49(55(61)63-5-2)51(48)67-36-40-24-16-9-17-25-40/h6-32H,4-5,33-36H2,1-3H3,(H,56,58)(H,57,59). The number of anilines is 2. The van der Waals surface area contributed by atoms with Crippen LogP contribution in [0.4, 0.5) is 11.4 Å². The molecule has 0 spiro atoms. The first-order valence-corrected chi connectivity index (χ1v) is 21.8. The molecule has 0 heterocycles. The number of ether oxygens (including phenoxy) is 6. The lowest BCUT2D eigenvalue weighted by Crippen LogP contribution is -2.19. The van der Waals surface area contributed by atoms with Crippen molar-refractivity contribution in [1.82, 2.24) is 0 Å². The molecule has 0 saturated heterocycles. The first-order chi connectivity index (χ1) is 32.7. The van der Waals surface area contributed by atoms with Crippen molar-refractivity contribution in [3.8, 4) is 23.0 Å². The number of methoxy groups -OCH3 is 1. The molecule has 2 amide bonds. The van der Waals surface area contributed by atoms with Crippen LogP contribution >= 0.6 is 0 Å². The number of amides is 2. The smallest absolute Gasteiger partial charge is 0.342 e. The fraction of sp³-hybridized carbons (Fsp3) is 0.164. The van der Waals surface area contributed by atoms with E-state index in [4.69, 9.17) is 28.4 Å². The molecule has 340 valence electrons. The van der Waals surface area contributed by atoms with Crippen LogP contribution in [0.1, 0.15) is 83.1 Å². The van der Waals surface area contributed by atoms with Gasteiger partial charge in [-0.05, 0) is 83.6 Å². The number of carbonyl (C=O) groups is 4. The number of benzene rings is 7. The van der Waals surface area contributed by atoms with E-state index in [1.54, 1.807) is 13.0 Å². The van der Waals surface area contributed by atoms with Crippen LogP contribution < -0.4 is 29.6 Å². The van der Waals surface area contributed by atoms with Gasteiger partial charge in [-0.2, -0.15) is 0 Å².